The highest BCUT2D eigenvalue weighted by Gasteiger charge is 2.41. The van der Waals surface area contributed by atoms with Gasteiger partial charge in [0.05, 0.1) is 29.8 Å². The van der Waals surface area contributed by atoms with Gasteiger partial charge < -0.3 is 14.8 Å². The van der Waals surface area contributed by atoms with Crippen LogP contribution in [0.1, 0.15) is 24.8 Å². The summed E-state index contributed by atoms with van der Waals surface area (Å²) in [6.45, 7) is 3.14. The zero-order valence-electron chi connectivity index (χ0n) is 11.9. The Labute approximate surface area is 123 Å². The summed E-state index contributed by atoms with van der Waals surface area (Å²) < 4.78 is 11.9. The molecule has 21 heavy (non-hydrogen) atoms. The predicted molar refractivity (Wildman–Crippen MR) is 77.1 cm³/mol. The summed E-state index contributed by atoms with van der Waals surface area (Å²) in [7, 11) is 0. The summed E-state index contributed by atoms with van der Waals surface area (Å²) >= 11 is 0. The first-order valence-electron chi connectivity index (χ1n) is 7.37. The number of piperidine rings is 1. The average Bonchev–Trinajstić information content (AvgIpc) is 2.89. The summed E-state index contributed by atoms with van der Waals surface area (Å²) in [5.74, 6) is 0. The second kappa shape index (κ2) is 6.09. The Morgan fingerprint density at radius 2 is 2.05 bits per heavy atom. The van der Waals surface area contributed by atoms with Gasteiger partial charge in [-0.1, -0.05) is 0 Å². The number of nitro benzene ring substituents is 1. The Morgan fingerprint density at radius 1 is 1.33 bits per heavy atom. The maximum atomic E-state index is 10.6. The molecule has 114 valence electrons. The van der Waals surface area contributed by atoms with Crippen LogP contribution in [0.2, 0.25) is 0 Å². The molecule has 0 radical (unpaired) electrons. The van der Waals surface area contributed by atoms with E-state index in [2.05, 4.69) is 5.32 Å². The van der Waals surface area contributed by atoms with Crippen molar-refractivity contribution in [2.45, 2.75) is 37.6 Å². The maximum absolute atomic E-state index is 10.6. The minimum Gasteiger partial charge on any atom is -0.372 e. The lowest BCUT2D eigenvalue weighted by Crippen LogP contribution is -2.41. The third kappa shape index (κ3) is 3.40. The molecule has 0 amide bonds. The molecule has 0 aromatic heterocycles. The molecule has 2 fully saturated rings. The number of hydrogen-bond donors (Lipinski definition) is 1. The molecule has 1 N–H and O–H groups in total. The van der Waals surface area contributed by atoms with Crippen LogP contribution in [0.15, 0.2) is 24.3 Å². The third-order valence-corrected chi connectivity index (χ3v) is 4.32. The molecule has 0 saturated carbocycles. The van der Waals surface area contributed by atoms with E-state index in [1.807, 2.05) is 0 Å². The molecule has 6 heteroatoms. The molecule has 1 spiro atoms. The Kier molecular flexibility index (Phi) is 4.19. The van der Waals surface area contributed by atoms with Crippen molar-refractivity contribution in [2.75, 3.05) is 19.7 Å². The topological polar surface area (TPSA) is 73.6 Å². The third-order valence-electron chi connectivity index (χ3n) is 4.32. The first-order valence-corrected chi connectivity index (χ1v) is 7.37. The van der Waals surface area contributed by atoms with Crippen LogP contribution in [0.4, 0.5) is 5.69 Å². The van der Waals surface area contributed by atoms with Crippen molar-refractivity contribution < 1.29 is 14.4 Å². The van der Waals surface area contributed by atoms with E-state index in [0.29, 0.717) is 13.2 Å². The highest BCUT2D eigenvalue weighted by molar-refractivity contribution is 5.32. The number of nitro groups is 1. The lowest BCUT2D eigenvalue weighted by Gasteiger charge is -2.32. The van der Waals surface area contributed by atoms with Gasteiger partial charge in [0.2, 0.25) is 0 Å². The van der Waals surface area contributed by atoms with Gasteiger partial charge in [-0.25, -0.2) is 0 Å². The Morgan fingerprint density at radius 3 is 2.71 bits per heavy atom. The van der Waals surface area contributed by atoms with Crippen LogP contribution in [0.3, 0.4) is 0 Å². The van der Waals surface area contributed by atoms with Crippen molar-refractivity contribution in [3.05, 3.63) is 39.9 Å². The highest BCUT2D eigenvalue weighted by Crippen LogP contribution is 2.35. The molecular weight excluding hydrogens is 272 g/mol. The van der Waals surface area contributed by atoms with Gasteiger partial charge in [-0.15, -0.1) is 0 Å². The largest absolute Gasteiger partial charge is 0.372 e. The van der Waals surface area contributed by atoms with Crippen LogP contribution in [0, 0.1) is 10.1 Å². The van der Waals surface area contributed by atoms with Crippen LogP contribution in [0.5, 0.6) is 0 Å². The van der Waals surface area contributed by atoms with E-state index in [4.69, 9.17) is 9.47 Å². The molecular formula is C15H20N2O4. The van der Waals surface area contributed by atoms with E-state index >= 15 is 0 Å². The van der Waals surface area contributed by atoms with Gasteiger partial charge in [-0.05, 0) is 43.6 Å². The Hall–Kier alpha value is -1.50. The fraction of sp³-hybridized carbons (Fsp3) is 0.600. The fourth-order valence-electron chi connectivity index (χ4n) is 3.07. The van der Waals surface area contributed by atoms with E-state index in [1.54, 1.807) is 12.1 Å². The average molecular weight is 292 g/mol. The monoisotopic (exact) mass is 292 g/mol. The number of benzene rings is 1. The second-order valence-corrected chi connectivity index (χ2v) is 5.80. The van der Waals surface area contributed by atoms with Crippen LogP contribution < -0.4 is 5.32 Å². The molecule has 3 rings (SSSR count). The van der Waals surface area contributed by atoms with Crippen molar-refractivity contribution >= 4 is 5.69 Å². The summed E-state index contributed by atoms with van der Waals surface area (Å²) in [6, 6.07) is 6.51. The van der Waals surface area contributed by atoms with Gasteiger partial charge in [0.15, 0.2) is 0 Å². The summed E-state index contributed by atoms with van der Waals surface area (Å²) in [5, 5.41) is 14.0. The standard InChI is InChI=1S/C15H20N2O4/c18-17(19)13-3-1-12(2-4-13)10-20-14-9-15(21-11-14)5-7-16-8-6-15/h1-4,14,16H,5-11H2. The van der Waals surface area contributed by atoms with E-state index in [9.17, 15) is 10.1 Å². The van der Waals surface area contributed by atoms with Crippen molar-refractivity contribution in [2.24, 2.45) is 0 Å². The molecule has 1 aromatic carbocycles. The number of nitrogens with zero attached hydrogens (tertiary/aromatic N) is 1. The number of hydrogen-bond acceptors (Lipinski definition) is 5. The van der Waals surface area contributed by atoms with Gasteiger partial charge in [0.1, 0.15) is 0 Å². The molecule has 0 aliphatic carbocycles. The summed E-state index contributed by atoms with van der Waals surface area (Å²) in [6.07, 6.45) is 3.16. The molecule has 2 saturated heterocycles. The lowest BCUT2D eigenvalue weighted by atomic mass is 9.89. The van der Waals surface area contributed by atoms with Gasteiger partial charge in [0, 0.05) is 18.6 Å². The number of ether oxygens (including phenoxy) is 2. The molecule has 1 unspecified atom stereocenters. The number of non-ortho nitro benzene ring substituents is 1. The van der Waals surface area contributed by atoms with Gasteiger partial charge in [-0.2, -0.15) is 0 Å². The normalized spacial score (nSPS) is 24.3. The van der Waals surface area contributed by atoms with E-state index < -0.39 is 4.92 Å². The van der Waals surface area contributed by atoms with Crippen LogP contribution >= 0.6 is 0 Å². The maximum Gasteiger partial charge on any atom is 0.269 e. The van der Waals surface area contributed by atoms with Crippen molar-refractivity contribution in [3.63, 3.8) is 0 Å². The number of nitrogens with one attached hydrogen (secondary N) is 1. The smallest absolute Gasteiger partial charge is 0.269 e. The van der Waals surface area contributed by atoms with E-state index in [0.717, 1.165) is 37.9 Å². The molecule has 2 aliphatic heterocycles. The van der Waals surface area contributed by atoms with Crippen molar-refractivity contribution in [1.29, 1.82) is 0 Å². The van der Waals surface area contributed by atoms with Crippen molar-refractivity contribution in [3.8, 4) is 0 Å². The molecule has 2 heterocycles. The molecule has 6 nitrogen and oxygen atoms in total. The molecule has 2 aliphatic rings. The zero-order chi connectivity index (χ0) is 14.7. The zero-order valence-corrected chi connectivity index (χ0v) is 11.9. The molecule has 1 aromatic rings. The fourth-order valence-corrected chi connectivity index (χ4v) is 3.07. The number of rotatable bonds is 4. The minimum atomic E-state index is -0.393. The predicted octanol–water partition coefficient (Wildman–Crippen LogP) is 2.02. The quantitative estimate of drug-likeness (QED) is 0.679. The lowest BCUT2D eigenvalue weighted by molar-refractivity contribution is -0.384. The first kappa shape index (κ1) is 14.4. The molecule has 0 bridgehead atoms. The Balaban J connectivity index is 1.50. The Bertz CT molecular complexity index is 497. The van der Waals surface area contributed by atoms with Gasteiger partial charge in [0.25, 0.3) is 5.69 Å². The SMILES string of the molecule is O=[N+]([O-])c1ccc(COC2COC3(CCNCC3)C2)cc1. The summed E-state index contributed by atoms with van der Waals surface area (Å²) in [4.78, 5) is 10.2. The van der Waals surface area contributed by atoms with E-state index in [1.165, 1.54) is 12.1 Å². The molecule has 1 atom stereocenters. The van der Waals surface area contributed by atoms with Crippen molar-refractivity contribution in [1.82, 2.24) is 5.32 Å². The summed E-state index contributed by atoms with van der Waals surface area (Å²) in [5.41, 5.74) is 1.06. The van der Waals surface area contributed by atoms with Crippen LogP contribution in [0.25, 0.3) is 0 Å². The minimum absolute atomic E-state index is 0.00535. The van der Waals surface area contributed by atoms with E-state index in [-0.39, 0.29) is 17.4 Å². The highest BCUT2D eigenvalue weighted by atomic mass is 16.6. The van der Waals surface area contributed by atoms with Gasteiger partial charge >= 0.3 is 0 Å². The van der Waals surface area contributed by atoms with Crippen LogP contribution in [-0.4, -0.2) is 36.3 Å². The second-order valence-electron chi connectivity index (χ2n) is 5.80. The van der Waals surface area contributed by atoms with Gasteiger partial charge in [-0.3, -0.25) is 10.1 Å². The van der Waals surface area contributed by atoms with Crippen LogP contribution in [-0.2, 0) is 16.1 Å². The first-order chi connectivity index (χ1) is 10.2.